The Morgan fingerprint density at radius 1 is 0.929 bits per heavy atom. The fourth-order valence-corrected chi connectivity index (χ4v) is 3.79. The molecule has 0 bridgehead atoms. The van der Waals surface area contributed by atoms with E-state index in [-0.39, 0.29) is 10.4 Å². The molecule has 5 nitrogen and oxygen atoms in total. The van der Waals surface area contributed by atoms with Gasteiger partial charge in [0.05, 0.1) is 16.1 Å². The number of anilines is 1. The fraction of sp³-hybridized carbons (Fsp3) is 0.368. The second-order valence-electron chi connectivity index (χ2n) is 7.87. The topological polar surface area (TPSA) is 64.6 Å². The number of aryl methyl sites for hydroxylation is 1. The van der Waals surface area contributed by atoms with Gasteiger partial charge in [0.1, 0.15) is 17.3 Å². The quantitative estimate of drug-likeness (QED) is 0.787. The van der Waals surface area contributed by atoms with Gasteiger partial charge in [-0.2, -0.15) is 0 Å². The van der Waals surface area contributed by atoms with E-state index in [0.717, 1.165) is 17.7 Å². The Morgan fingerprint density at radius 3 is 1.86 bits per heavy atom. The van der Waals surface area contributed by atoms with E-state index in [9.17, 15) is 17.2 Å². The van der Waals surface area contributed by atoms with Gasteiger partial charge in [0.25, 0.3) is 10.0 Å². The van der Waals surface area contributed by atoms with E-state index in [0.29, 0.717) is 0 Å². The number of nitrogens with one attached hydrogen (secondary N) is 1. The summed E-state index contributed by atoms with van der Waals surface area (Å²) in [5.74, 6) is -2.11. The summed E-state index contributed by atoms with van der Waals surface area (Å²) in [6.07, 6.45) is 0. The van der Waals surface area contributed by atoms with Crippen LogP contribution in [0, 0.1) is 18.6 Å². The van der Waals surface area contributed by atoms with E-state index in [1.54, 1.807) is 19.1 Å². The molecule has 9 heteroatoms. The summed E-state index contributed by atoms with van der Waals surface area (Å²) >= 11 is 0. The van der Waals surface area contributed by atoms with Crippen molar-refractivity contribution in [2.75, 3.05) is 4.72 Å². The Labute approximate surface area is 164 Å². The molecule has 2 aromatic carbocycles. The number of hydrogen-bond donors (Lipinski definition) is 1. The van der Waals surface area contributed by atoms with E-state index in [1.807, 2.05) is 32.4 Å². The van der Waals surface area contributed by atoms with E-state index in [2.05, 4.69) is 0 Å². The molecule has 0 saturated carbocycles. The van der Waals surface area contributed by atoms with Crippen LogP contribution < -0.4 is 10.2 Å². The smallest absolute Gasteiger partial charge is 0.399 e. The highest BCUT2D eigenvalue weighted by atomic mass is 32.2. The van der Waals surface area contributed by atoms with Gasteiger partial charge >= 0.3 is 7.12 Å². The van der Waals surface area contributed by atoms with Crippen molar-refractivity contribution in [2.45, 2.75) is 50.7 Å². The van der Waals surface area contributed by atoms with Crippen molar-refractivity contribution in [3.63, 3.8) is 0 Å². The number of sulfonamides is 1. The Bertz CT molecular complexity index is 968. The van der Waals surface area contributed by atoms with E-state index >= 15 is 0 Å². The molecule has 1 fully saturated rings. The molecule has 0 radical (unpaired) electrons. The van der Waals surface area contributed by atoms with Gasteiger partial charge in [-0.3, -0.25) is 4.72 Å². The van der Waals surface area contributed by atoms with Crippen LogP contribution in [0.25, 0.3) is 0 Å². The van der Waals surface area contributed by atoms with Crippen molar-refractivity contribution in [2.24, 2.45) is 0 Å². The van der Waals surface area contributed by atoms with Crippen LogP contribution in [0.2, 0.25) is 0 Å². The van der Waals surface area contributed by atoms with Gasteiger partial charge in [0.2, 0.25) is 0 Å². The lowest BCUT2D eigenvalue weighted by Crippen LogP contribution is -2.41. The average molecular weight is 409 g/mol. The standard InChI is InChI=1S/C19H22BF2NO4S/c1-12-6-8-14(9-7-12)28(24,25)23-17-15(21)10-13(11-16(17)22)20-26-18(2,3)19(4,5)27-20/h6-11,23H,1-5H3. The summed E-state index contributed by atoms with van der Waals surface area (Å²) in [6.45, 7) is 9.10. The molecule has 28 heavy (non-hydrogen) atoms. The van der Waals surface area contributed by atoms with Crippen molar-refractivity contribution in [3.05, 3.63) is 53.6 Å². The van der Waals surface area contributed by atoms with Gasteiger partial charge in [0, 0.05) is 0 Å². The van der Waals surface area contributed by atoms with Gasteiger partial charge < -0.3 is 9.31 Å². The third kappa shape index (κ3) is 3.79. The van der Waals surface area contributed by atoms with Gasteiger partial charge in [-0.05, 0) is 64.3 Å². The minimum atomic E-state index is -4.14. The molecule has 2 aromatic rings. The number of halogens is 2. The van der Waals surface area contributed by atoms with Crippen LogP contribution in [0.1, 0.15) is 33.3 Å². The minimum Gasteiger partial charge on any atom is -0.399 e. The number of benzene rings is 2. The van der Waals surface area contributed by atoms with Crippen molar-refractivity contribution in [1.82, 2.24) is 0 Å². The number of rotatable bonds is 4. The molecule has 0 aromatic heterocycles. The molecule has 3 rings (SSSR count). The SMILES string of the molecule is Cc1ccc(S(=O)(=O)Nc2c(F)cc(B3OC(C)(C)C(C)(C)O3)cc2F)cc1. The maximum absolute atomic E-state index is 14.6. The Balaban J connectivity index is 1.90. The third-order valence-corrected chi connectivity index (χ3v) is 6.52. The lowest BCUT2D eigenvalue weighted by Gasteiger charge is -2.32. The van der Waals surface area contributed by atoms with Crippen molar-refractivity contribution in [3.8, 4) is 0 Å². The van der Waals surface area contributed by atoms with Crippen LogP contribution in [-0.4, -0.2) is 26.7 Å². The molecule has 1 heterocycles. The summed E-state index contributed by atoms with van der Waals surface area (Å²) in [5, 5.41) is 0. The van der Waals surface area contributed by atoms with Crippen LogP contribution in [0.5, 0.6) is 0 Å². The van der Waals surface area contributed by atoms with Crippen LogP contribution in [0.15, 0.2) is 41.3 Å². The monoisotopic (exact) mass is 409 g/mol. The Morgan fingerprint density at radius 2 is 1.39 bits per heavy atom. The normalized spacial score (nSPS) is 18.3. The van der Waals surface area contributed by atoms with Crippen LogP contribution in [-0.2, 0) is 19.3 Å². The lowest BCUT2D eigenvalue weighted by atomic mass is 9.79. The molecule has 1 aliphatic rings. The largest absolute Gasteiger partial charge is 0.495 e. The van der Waals surface area contributed by atoms with Crippen molar-refractivity contribution < 1.29 is 26.5 Å². The van der Waals surface area contributed by atoms with E-state index in [4.69, 9.17) is 9.31 Å². The molecule has 0 amide bonds. The van der Waals surface area contributed by atoms with E-state index in [1.165, 1.54) is 12.1 Å². The zero-order valence-electron chi connectivity index (χ0n) is 16.3. The molecule has 1 aliphatic heterocycles. The van der Waals surface area contributed by atoms with Gasteiger partial charge in [-0.25, -0.2) is 17.2 Å². The highest BCUT2D eigenvalue weighted by molar-refractivity contribution is 7.92. The molecular weight excluding hydrogens is 387 g/mol. The minimum absolute atomic E-state index is 0.0908. The van der Waals surface area contributed by atoms with Crippen LogP contribution >= 0.6 is 0 Å². The molecule has 1 N–H and O–H groups in total. The molecular formula is C19H22BF2NO4S. The van der Waals surface area contributed by atoms with Gasteiger partial charge in [-0.1, -0.05) is 17.7 Å². The van der Waals surface area contributed by atoms with Crippen molar-refractivity contribution in [1.29, 1.82) is 0 Å². The Hall–Kier alpha value is -1.97. The Kier molecular flexibility index (Phi) is 5.06. The molecule has 1 saturated heterocycles. The predicted octanol–water partition coefficient (Wildman–Crippen LogP) is 3.37. The highest BCUT2D eigenvalue weighted by Gasteiger charge is 2.52. The average Bonchev–Trinajstić information content (AvgIpc) is 2.79. The second kappa shape index (κ2) is 6.82. The van der Waals surface area contributed by atoms with Gasteiger partial charge in [0.15, 0.2) is 0 Å². The first-order valence-corrected chi connectivity index (χ1v) is 10.2. The first kappa shape index (κ1) is 20.8. The zero-order chi connectivity index (χ0) is 20.9. The molecule has 0 unspecified atom stereocenters. The molecule has 150 valence electrons. The van der Waals surface area contributed by atoms with Crippen LogP contribution in [0.4, 0.5) is 14.5 Å². The summed E-state index contributed by atoms with van der Waals surface area (Å²) < 4.78 is 67.6. The van der Waals surface area contributed by atoms with Crippen molar-refractivity contribution >= 4 is 28.3 Å². The molecule has 0 spiro atoms. The second-order valence-corrected chi connectivity index (χ2v) is 9.55. The molecule has 0 aliphatic carbocycles. The van der Waals surface area contributed by atoms with Crippen LogP contribution in [0.3, 0.4) is 0 Å². The first-order chi connectivity index (χ1) is 12.8. The van der Waals surface area contributed by atoms with Gasteiger partial charge in [-0.15, -0.1) is 0 Å². The number of hydrogen-bond acceptors (Lipinski definition) is 4. The first-order valence-electron chi connectivity index (χ1n) is 8.76. The zero-order valence-corrected chi connectivity index (χ0v) is 17.2. The fourth-order valence-electron chi connectivity index (χ4n) is 2.72. The summed E-state index contributed by atoms with van der Waals surface area (Å²) in [4.78, 5) is -0.0908. The summed E-state index contributed by atoms with van der Waals surface area (Å²) in [7, 11) is -5.10. The summed E-state index contributed by atoms with van der Waals surface area (Å²) in [6, 6.07) is 7.96. The molecule has 0 atom stereocenters. The third-order valence-electron chi connectivity index (χ3n) is 5.16. The predicted molar refractivity (Wildman–Crippen MR) is 104 cm³/mol. The lowest BCUT2D eigenvalue weighted by molar-refractivity contribution is 0.00578. The van der Waals surface area contributed by atoms with E-state index < -0.39 is 45.7 Å². The maximum Gasteiger partial charge on any atom is 0.495 e. The summed E-state index contributed by atoms with van der Waals surface area (Å²) in [5.41, 5.74) is -1.09. The highest BCUT2D eigenvalue weighted by Crippen LogP contribution is 2.36. The maximum atomic E-state index is 14.6.